The fraction of sp³-hybridized carbons (Fsp3) is 0.172. The van der Waals surface area contributed by atoms with Gasteiger partial charge < -0.3 is 5.32 Å². The summed E-state index contributed by atoms with van der Waals surface area (Å²) >= 11 is 1.64. The molecule has 0 saturated heterocycles. The number of thiazole rings is 1. The maximum atomic E-state index is 12.4. The molecule has 166 valence electrons. The van der Waals surface area contributed by atoms with Gasteiger partial charge in [-0.25, -0.2) is 4.98 Å². The van der Waals surface area contributed by atoms with E-state index >= 15 is 0 Å². The molecule has 33 heavy (non-hydrogen) atoms. The predicted molar refractivity (Wildman–Crippen MR) is 141 cm³/mol. The monoisotopic (exact) mass is 452 g/mol. The molecule has 0 saturated carbocycles. The second-order valence-corrected chi connectivity index (χ2v) is 9.98. The Hall–Kier alpha value is -3.50. The number of amides is 1. The van der Waals surface area contributed by atoms with Gasteiger partial charge in [0.25, 0.3) is 0 Å². The topological polar surface area (TPSA) is 42.0 Å². The normalized spacial score (nSPS) is 11.6. The number of nitrogens with zero attached hydrogens (tertiary/aromatic N) is 1. The number of carbonyl (C=O) groups is 1. The van der Waals surface area contributed by atoms with Gasteiger partial charge in [-0.2, -0.15) is 0 Å². The first kappa shape index (κ1) is 22.7. The molecular weight excluding hydrogens is 424 g/mol. The van der Waals surface area contributed by atoms with E-state index in [-0.39, 0.29) is 11.3 Å². The van der Waals surface area contributed by atoms with E-state index in [1.165, 1.54) is 11.1 Å². The number of benzene rings is 3. The zero-order valence-electron chi connectivity index (χ0n) is 19.4. The van der Waals surface area contributed by atoms with Crippen molar-refractivity contribution in [2.75, 3.05) is 5.32 Å². The van der Waals surface area contributed by atoms with Gasteiger partial charge in [0, 0.05) is 28.3 Å². The average Bonchev–Trinajstić information content (AvgIpc) is 3.28. The molecule has 0 aliphatic carbocycles. The number of anilines is 1. The van der Waals surface area contributed by atoms with Gasteiger partial charge in [-0.3, -0.25) is 4.79 Å². The lowest BCUT2D eigenvalue weighted by molar-refractivity contribution is -0.111. The van der Waals surface area contributed by atoms with Gasteiger partial charge in [0.2, 0.25) is 5.91 Å². The molecule has 4 heteroatoms. The van der Waals surface area contributed by atoms with Crippen LogP contribution in [0, 0.1) is 6.92 Å². The first-order chi connectivity index (χ1) is 15.8. The second kappa shape index (κ2) is 9.55. The summed E-state index contributed by atoms with van der Waals surface area (Å²) in [5, 5.41) is 6.01. The van der Waals surface area contributed by atoms with Crippen LogP contribution in [-0.2, 0) is 10.2 Å². The van der Waals surface area contributed by atoms with Crippen molar-refractivity contribution in [3.05, 3.63) is 101 Å². The summed E-state index contributed by atoms with van der Waals surface area (Å²) in [7, 11) is 0. The van der Waals surface area contributed by atoms with E-state index in [0.29, 0.717) is 0 Å². The number of aryl methyl sites for hydroxylation is 1. The van der Waals surface area contributed by atoms with Crippen molar-refractivity contribution < 1.29 is 4.79 Å². The van der Waals surface area contributed by atoms with Crippen LogP contribution in [0.2, 0.25) is 0 Å². The number of aromatic nitrogens is 1. The van der Waals surface area contributed by atoms with Crippen LogP contribution < -0.4 is 5.32 Å². The molecule has 0 unspecified atom stereocenters. The van der Waals surface area contributed by atoms with Crippen molar-refractivity contribution in [3.8, 4) is 21.8 Å². The molecular formula is C29H28N2OS. The van der Waals surface area contributed by atoms with E-state index < -0.39 is 0 Å². The first-order valence-electron chi connectivity index (χ1n) is 11.0. The molecule has 3 aromatic carbocycles. The minimum absolute atomic E-state index is 0.117. The summed E-state index contributed by atoms with van der Waals surface area (Å²) in [6, 6.07) is 24.4. The van der Waals surface area contributed by atoms with Gasteiger partial charge in [-0.1, -0.05) is 81.4 Å². The number of hydrogen-bond acceptors (Lipinski definition) is 3. The Morgan fingerprint density at radius 3 is 2.30 bits per heavy atom. The Bertz CT molecular complexity index is 1280. The SMILES string of the molecule is Cc1ccccc1-c1nc(-c2ccc(NC(=O)/C=C/c3ccc(C(C)(C)C)cc3)cc2)cs1. The Balaban J connectivity index is 1.39. The maximum Gasteiger partial charge on any atom is 0.248 e. The van der Waals surface area contributed by atoms with Crippen molar-refractivity contribution in [2.24, 2.45) is 0 Å². The quantitative estimate of drug-likeness (QED) is 0.315. The zero-order chi connectivity index (χ0) is 23.4. The third-order valence-electron chi connectivity index (χ3n) is 5.53. The van der Waals surface area contributed by atoms with E-state index in [9.17, 15) is 4.79 Å². The van der Waals surface area contributed by atoms with Gasteiger partial charge in [0.15, 0.2) is 0 Å². The van der Waals surface area contributed by atoms with Crippen molar-refractivity contribution in [2.45, 2.75) is 33.1 Å². The number of rotatable bonds is 5. The highest BCUT2D eigenvalue weighted by Crippen LogP contribution is 2.31. The second-order valence-electron chi connectivity index (χ2n) is 9.12. The highest BCUT2D eigenvalue weighted by Gasteiger charge is 2.12. The molecule has 0 bridgehead atoms. The molecule has 0 aliphatic heterocycles. The molecule has 1 amide bonds. The summed E-state index contributed by atoms with van der Waals surface area (Å²) in [6.45, 7) is 8.67. The smallest absolute Gasteiger partial charge is 0.248 e. The third-order valence-corrected chi connectivity index (χ3v) is 6.41. The Labute approximate surface area is 199 Å². The fourth-order valence-corrected chi connectivity index (χ4v) is 4.44. The van der Waals surface area contributed by atoms with Crippen LogP contribution in [0.4, 0.5) is 5.69 Å². The summed E-state index contributed by atoms with van der Waals surface area (Å²) in [5.74, 6) is -0.154. The third kappa shape index (κ3) is 5.65. The molecule has 3 nitrogen and oxygen atoms in total. The fourth-order valence-electron chi connectivity index (χ4n) is 3.52. The molecule has 0 atom stereocenters. The lowest BCUT2D eigenvalue weighted by Gasteiger charge is -2.18. The summed E-state index contributed by atoms with van der Waals surface area (Å²) < 4.78 is 0. The Kier molecular flexibility index (Phi) is 6.57. The van der Waals surface area contributed by atoms with Crippen molar-refractivity contribution in [1.29, 1.82) is 0 Å². The summed E-state index contributed by atoms with van der Waals surface area (Å²) in [5.41, 5.74) is 7.50. The van der Waals surface area contributed by atoms with Crippen molar-refractivity contribution in [1.82, 2.24) is 4.98 Å². The van der Waals surface area contributed by atoms with Crippen LogP contribution >= 0.6 is 11.3 Å². The van der Waals surface area contributed by atoms with Gasteiger partial charge in [-0.05, 0) is 47.2 Å². The minimum atomic E-state index is -0.154. The summed E-state index contributed by atoms with van der Waals surface area (Å²) in [6.07, 6.45) is 3.40. The van der Waals surface area contributed by atoms with Crippen LogP contribution in [0.5, 0.6) is 0 Å². The average molecular weight is 453 g/mol. The number of carbonyl (C=O) groups excluding carboxylic acids is 1. The predicted octanol–water partition coefficient (Wildman–Crippen LogP) is 7.73. The van der Waals surface area contributed by atoms with Crippen LogP contribution in [0.3, 0.4) is 0 Å². The largest absolute Gasteiger partial charge is 0.323 e. The molecule has 4 aromatic rings. The minimum Gasteiger partial charge on any atom is -0.323 e. The lowest BCUT2D eigenvalue weighted by atomic mass is 9.87. The molecule has 1 heterocycles. The Morgan fingerprint density at radius 2 is 1.64 bits per heavy atom. The van der Waals surface area contributed by atoms with Gasteiger partial charge >= 0.3 is 0 Å². The molecule has 1 N–H and O–H groups in total. The van der Waals surface area contributed by atoms with E-state index in [1.807, 2.05) is 54.6 Å². The van der Waals surface area contributed by atoms with E-state index in [2.05, 4.69) is 62.7 Å². The molecule has 0 spiro atoms. The zero-order valence-corrected chi connectivity index (χ0v) is 20.2. The molecule has 0 fully saturated rings. The van der Waals surface area contributed by atoms with Crippen LogP contribution in [0.1, 0.15) is 37.5 Å². The highest BCUT2D eigenvalue weighted by atomic mass is 32.1. The van der Waals surface area contributed by atoms with Gasteiger partial charge in [0.1, 0.15) is 5.01 Å². The molecule has 4 rings (SSSR count). The maximum absolute atomic E-state index is 12.4. The molecule has 0 radical (unpaired) electrons. The van der Waals surface area contributed by atoms with Crippen LogP contribution in [-0.4, -0.2) is 10.9 Å². The molecule has 1 aromatic heterocycles. The van der Waals surface area contributed by atoms with E-state index in [0.717, 1.165) is 33.1 Å². The summed E-state index contributed by atoms with van der Waals surface area (Å²) in [4.78, 5) is 17.2. The van der Waals surface area contributed by atoms with Crippen LogP contribution in [0.15, 0.2) is 84.3 Å². The first-order valence-corrected chi connectivity index (χ1v) is 11.9. The van der Waals surface area contributed by atoms with E-state index in [1.54, 1.807) is 17.4 Å². The molecule has 0 aliphatic rings. The van der Waals surface area contributed by atoms with Gasteiger partial charge in [-0.15, -0.1) is 11.3 Å². The van der Waals surface area contributed by atoms with E-state index in [4.69, 9.17) is 4.98 Å². The van der Waals surface area contributed by atoms with Crippen molar-refractivity contribution >= 4 is 29.0 Å². The van der Waals surface area contributed by atoms with Crippen LogP contribution in [0.25, 0.3) is 27.9 Å². The lowest BCUT2D eigenvalue weighted by Crippen LogP contribution is -2.10. The highest BCUT2D eigenvalue weighted by molar-refractivity contribution is 7.13. The van der Waals surface area contributed by atoms with Crippen molar-refractivity contribution in [3.63, 3.8) is 0 Å². The number of hydrogen-bond donors (Lipinski definition) is 1. The Morgan fingerprint density at radius 1 is 0.939 bits per heavy atom. The van der Waals surface area contributed by atoms with Gasteiger partial charge in [0.05, 0.1) is 5.69 Å². The standard InChI is InChI=1S/C29H28N2OS/c1-20-7-5-6-8-25(20)28-31-26(19-33-28)22-12-16-24(17-13-22)30-27(32)18-11-21-9-14-23(15-10-21)29(2,3)4/h5-19H,1-4H3,(H,30,32)/b18-11+. The number of nitrogens with one attached hydrogen (secondary N) is 1.